The van der Waals surface area contributed by atoms with Gasteiger partial charge in [-0.05, 0) is 32.7 Å². The molecule has 0 radical (unpaired) electrons. The molecule has 0 bridgehead atoms. The van der Waals surface area contributed by atoms with Crippen molar-refractivity contribution in [2.75, 3.05) is 73.1 Å². The summed E-state index contributed by atoms with van der Waals surface area (Å²) in [6.45, 7) is 7.76. The minimum absolute atomic E-state index is 0.0480. The summed E-state index contributed by atoms with van der Waals surface area (Å²) in [5.41, 5.74) is 0.0480. The summed E-state index contributed by atoms with van der Waals surface area (Å²) in [7, 11) is 3.88. The molecule has 3 heterocycles. The molecular formula is C20H36N4O3. The number of methoxy groups -OCH3 is 1. The van der Waals surface area contributed by atoms with Crippen LogP contribution in [0.25, 0.3) is 0 Å². The number of likely N-dealkylation sites (N-methyl/N-ethyl adjacent to an activating group) is 1. The first-order valence-corrected chi connectivity index (χ1v) is 10.5. The Bertz CT molecular complexity index is 523. The molecule has 3 aliphatic heterocycles. The van der Waals surface area contributed by atoms with Crippen molar-refractivity contribution < 1.29 is 14.3 Å². The number of hydrogen-bond donors (Lipinski definition) is 0. The van der Waals surface area contributed by atoms with E-state index >= 15 is 0 Å². The van der Waals surface area contributed by atoms with E-state index in [1.165, 1.54) is 0 Å². The fourth-order valence-electron chi connectivity index (χ4n) is 4.78. The highest BCUT2D eigenvalue weighted by atomic mass is 16.5. The van der Waals surface area contributed by atoms with Crippen molar-refractivity contribution >= 4 is 11.8 Å². The van der Waals surface area contributed by atoms with Crippen molar-refractivity contribution in [2.45, 2.75) is 44.1 Å². The predicted octanol–water partition coefficient (Wildman–Crippen LogP) is 0.644. The van der Waals surface area contributed by atoms with Gasteiger partial charge in [-0.2, -0.15) is 0 Å². The molecule has 0 saturated carbocycles. The lowest BCUT2D eigenvalue weighted by atomic mass is 9.86. The number of rotatable bonds is 6. The molecule has 3 rings (SSSR count). The van der Waals surface area contributed by atoms with E-state index in [-0.39, 0.29) is 11.4 Å². The van der Waals surface area contributed by atoms with Crippen molar-refractivity contribution in [1.29, 1.82) is 0 Å². The molecule has 27 heavy (non-hydrogen) atoms. The first-order valence-electron chi connectivity index (χ1n) is 10.5. The summed E-state index contributed by atoms with van der Waals surface area (Å²) in [5, 5.41) is 0. The van der Waals surface area contributed by atoms with Gasteiger partial charge >= 0.3 is 0 Å². The smallest absolute Gasteiger partial charge is 0.223 e. The van der Waals surface area contributed by atoms with Gasteiger partial charge in [0.25, 0.3) is 0 Å². The standard InChI is InChI=1S/C20H36N4O3/c1-21-13-14-22(11-6-19(26)23-9-3-4-10-23)17-20(21)7-5-18(25)24(12-8-20)15-16-27-2/h3-17H2,1-2H3. The summed E-state index contributed by atoms with van der Waals surface area (Å²) in [6.07, 6.45) is 5.43. The van der Waals surface area contributed by atoms with E-state index in [9.17, 15) is 9.59 Å². The van der Waals surface area contributed by atoms with Gasteiger partial charge in [0.2, 0.25) is 11.8 Å². The lowest BCUT2D eigenvalue weighted by molar-refractivity contribution is -0.131. The van der Waals surface area contributed by atoms with E-state index < -0.39 is 0 Å². The van der Waals surface area contributed by atoms with Crippen LogP contribution in [0.15, 0.2) is 0 Å². The Morgan fingerprint density at radius 1 is 1.07 bits per heavy atom. The fraction of sp³-hybridized carbons (Fsp3) is 0.900. The van der Waals surface area contributed by atoms with Gasteiger partial charge in [-0.25, -0.2) is 0 Å². The van der Waals surface area contributed by atoms with Crippen molar-refractivity contribution in [3.63, 3.8) is 0 Å². The Morgan fingerprint density at radius 2 is 1.85 bits per heavy atom. The number of carbonyl (C=O) groups excluding carboxylic acids is 2. The Morgan fingerprint density at radius 3 is 2.59 bits per heavy atom. The molecule has 0 aromatic carbocycles. The van der Waals surface area contributed by atoms with Gasteiger partial charge in [0.05, 0.1) is 6.61 Å². The summed E-state index contributed by atoms with van der Waals surface area (Å²) < 4.78 is 5.16. The van der Waals surface area contributed by atoms with Gasteiger partial charge in [-0.1, -0.05) is 0 Å². The van der Waals surface area contributed by atoms with Gasteiger partial charge < -0.3 is 14.5 Å². The molecule has 0 aliphatic carbocycles. The maximum absolute atomic E-state index is 12.5. The Kier molecular flexibility index (Phi) is 7.11. The number of carbonyl (C=O) groups is 2. The Hall–Kier alpha value is -1.18. The average molecular weight is 381 g/mol. The van der Waals surface area contributed by atoms with Gasteiger partial charge in [-0.15, -0.1) is 0 Å². The normalized spacial score (nSPS) is 28.1. The average Bonchev–Trinajstić information content (AvgIpc) is 3.16. The second kappa shape index (κ2) is 9.34. The lowest BCUT2D eigenvalue weighted by Gasteiger charge is -2.49. The molecule has 1 spiro atoms. The molecule has 2 amide bonds. The van der Waals surface area contributed by atoms with Crippen molar-refractivity contribution in [1.82, 2.24) is 19.6 Å². The molecule has 3 saturated heterocycles. The minimum atomic E-state index is 0.0480. The van der Waals surface area contributed by atoms with Crippen molar-refractivity contribution in [3.05, 3.63) is 0 Å². The monoisotopic (exact) mass is 380 g/mol. The number of ether oxygens (including phenoxy) is 1. The van der Waals surface area contributed by atoms with Crippen LogP contribution < -0.4 is 0 Å². The molecular weight excluding hydrogens is 344 g/mol. The molecule has 0 aromatic heterocycles. The second-order valence-corrected chi connectivity index (χ2v) is 8.38. The number of hydrogen-bond acceptors (Lipinski definition) is 5. The van der Waals surface area contributed by atoms with Crippen LogP contribution >= 0.6 is 0 Å². The van der Waals surface area contributed by atoms with E-state index in [0.29, 0.717) is 31.9 Å². The molecule has 3 fully saturated rings. The van der Waals surface area contributed by atoms with Crippen LogP contribution in [-0.4, -0.2) is 110 Å². The molecule has 1 atom stereocenters. The Balaban J connectivity index is 1.55. The zero-order chi connectivity index (χ0) is 19.3. The van der Waals surface area contributed by atoms with Crippen LogP contribution in [0.1, 0.15) is 38.5 Å². The lowest BCUT2D eigenvalue weighted by Crippen LogP contribution is -2.61. The number of piperazine rings is 1. The van der Waals surface area contributed by atoms with Crippen LogP contribution in [0.5, 0.6) is 0 Å². The summed E-state index contributed by atoms with van der Waals surface area (Å²) >= 11 is 0. The molecule has 7 heteroatoms. The largest absolute Gasteiger partial charge is 0.383 e. The minimum Gasteiger partial charge on any atom is -0.383 e. The number of amides is 2. The van der Waals surface area contributed by atoms with Crippen molar-refractivity contribution in [2.24, 2.45) is 0 Å². The predicted molar refractivity (Wildman–Crippen MR) is 105 cm³/mol. The van der Waals surface area contributed by atoms with E-state index in [1.54, 1.807) is 7.11 Å². The summed E-state index contributed by atoms with van der Waals surface area (Å²) in [5.74, 6) is 0.556. The molecule has 7 nitrogen and oxygen atoms in total. The molecule has 1 unspecified atom stereocenters. The van der Waals surface area contributed by atoms with Crippen LogP contribution in [-0.2, 0) is 14.3 Å². The molecule has 0 aromatic rings. The summed E-state index contributed by atoms with van der Waals surface area (Å²) in [4.78, 5) is 33.8. The quantitative estimate of drug-likeness (QED) is 0.677. The molecule has 154 valence electrons. The van der Waals surface area contributed by atoms with Crippen LogP contribution in [0, 0.1) is 0 Å². The maximum Gasteiger partial charge on any atom is 0.223 e. The zero-order valence-corrected chi connectivity index (χ0v) is 17.1. The zero-order valence-electron chi connectivity index (χ0n) is 17.1. The Labute approximate surface area is 163 Å². The summed E-state index contributed by atoms with van der Waals surface area (Å²) in [6, 6.07) is 0. The third-order valence-corrected chi connectivity index (χ3v) is 6.75. The highest BCUT2D eigenvalue weighted by molar-refractivity contribution is 5.77. The van der Waals surface area contributed by atoms with Crippen LogP contribution in [0.2, 0.25) is 0 Å². The number of likely N-dealkylation sites (tertiary alicyclic amines) is 2. The van der Waals surface area contributed by atoms with Gasteiger partial charge in [0.15, 0.2) is 0 Å². The molecule has 0 N–H and O–H groups in total. The second-order valence-electron chi connectivity index (χ2n) is 8.38. The van der Waals surface area contributed by atoms with Crippen LogP contribution in [0.4, 0.5) is 0 Å². The first kappa shape index (κ1) is 20.6. The van der Waals surface area contributed by atoms with Gasteiger partial charge in [-0.3, -0.25) is 19.4 Å². The third-order valence-electron chi connectivity index (χ3n) is 6.75. The van der Waals surface area contributed by atoms with Crippen LogP contribution in [0.3, 0.4) is 0 Å². The highest BCUT2D eigenvalue weighted by Crippen LogP contribution is 2.32. The van der Waals surface area contributed by atoms with Crippen molar-refractivity contribution in [3.8, 4) is 0 Å². The third kappa shape index (κ3) is 5.00. The van der Waals surface area contributed by atoms with Gasteiger partial charge in [0, 0.05) is 77.8 Å². The molecule has 3 aliphatic rings. The highest BCUT2D eigenvalue weighted by Gasteiger charge is 2.42. The van der Waals surface area contributed by atoms with Gasteiger partial charge in [0.1, 0.15) is 0 Å². The van der Waals surface area contributed by atoms with E-state index in [0.717, 1.165) is 71.5 Å². The van der Waals surface area contributed by atoms with E-state index in [1.807, 2.05) is 9.80 Å². The SMILES string of the molecule is COCCN1CCC2(CCC1=O)CN(CCC(=O)N1CCCC1)CCN2C. The van der Waals surface area contributed by atoms with E-state index in [2.05, 4.69) is 16.8 Å². The van der Waals surface area contributed by atoms with E-state index in [4.69, 9.17) is 4.74 Å². The maximum atomic E-state index is 12.5. The number of nitrogens with zero attached hydrogens (tertiary/aromatic N) is 4. The topological polar surface area (TPSA) is 56.3 Å². The fourth-order valence-corrected chi connectivity index (χ4v) is 4.78. The first-order chi connectivity index (χ1) is 13.0.